The van der Waals surface area contributed by atoms with E-state index in [1.54, 1.807) is 24.3 Å². The summed E-state index contributed by atoms with van der Waals surface area (Å²) in [4.78, 5) is 43.4. The SMILES string of the molecule is COc1cc2ccc1Nc1ncc3c(n1)N(CC(C)(C)C(=O)N3C)C1CCC(C1)C1(C)CC(CC(C)(C)N1C)NC2=O. The molecule has 42 heavy (non-hydrogen) atoms. The molecule has 4 atom stereocenters. The third-order valence-corrected chi connectivity index (χ3v) is 10.7. The highest BCUT2D eigenvalue weighted by atomic mass is 16.5. The molecule has 0 radical (unpaired) electrons. The minimum absolute atomic E-state index is 0.0445. The first-order valence-electron chi connectivity index (χ1n) is 15.2. The Morgan fingerprint density at radius 1 is 1.05 bits per heavy atom. The highest BCUT2D eigenvalue weighted by Gasteiger charge is 2.53. The number of rotatable bonds is 1. The molecule has 1 aromatic carbocycles. The molecule has 2 amide bonds. The number of amides is 2. The summed E-state index contributed by atoms with van der Waals surface area (Å²) >= 11 is 0. The Hall–Kier alpha value is -3.40. The quantitative estimate of drug-likeness (QED) is 0.510. The van der Waals surface area contributed by atoms with Gasteiger partial charge in [0.2, 0.25) is 11.9 Å². The number of nitrogens with zero attached hydrogens (tertiary/aromatic N) is 5. The third-order valence-electron chi connectivity index (χ3n) is 10.7. The van der Waals surface area contributed by atoms with Gasteiger partial charge in [0.1, 0.15) is 11.4 Å². The zero-order valence-corrected chi connectivity index (χ0v) is 26.2. The normalized spacial score (nSPS) is 30.3. The van der Waals surface area contributed by atoms with Crippen molar-refractivity contribution < 1.29 is 14.3 Å². The molecule has 0 spiro atoms. The summed E-state index contributed by atoms with van der Waals surface area (Å²) in [6.07, 6.45) is 6.57. The zero-order valence-electron chi connectivity index (χ0n) is 26.2. The van der Waals surface area contributed by atoms with Crippen molar-refractivity contribution >= 4 is 35.0 Å². The Labute approximate surface area is 249 Å². The van der Waals surface area contributed by atoms with E-state index in [1.807, 2.05) is 33.0 Å². The molecule has 5 heterocycles. The lowest BCUT2D eigenvalue weighted by atomic mass is 9.69. The van der Waals surface area contributed by atoms with Crippen molar-refractivity contribution in [1.29, 1.82) is 0 Å². The highest BCUT2D eigenvalue weighted by molar-refractivity contribution is 6.01. The van der Waals surface area contributed by atoms with Crippen LogP contribution in [0.25, 0.3) is 0 Å². The van der Waals surface area contributed by atoms with Crippen LogP contribution in [0.4, 0.5) is 23.1 Å². The second-order valence-corrected chi connectivity index (χ2v) is 14.3. The Morgan fingerprint density at radius 2 is 1.81 bits per heavy atom. The van der Waals surface area contributed by atoms with E-state index in [1.165, 1.54) is 0 Å². The molecule has 7 rings (SSSR count). The van der Waals surface area contributed by atoms with Crippen LogP contribution < -0.4 is 25.2 Å². The molecule has 1 aliphatic carbocycles. The highest BCUT2D eigenvalue weighted by Crippen LogP contribution is 2.49. The Morgan fingerprint density at radius 3 is 2.55 bits per heavy atom. The fourth-order valence-corrected chi connectivity index (χ4v) is 8.12. The van der Waals surface area contributed by atoms with Gasteiger partial charge in [0.05, 0.1) is 24.4 Å². The fraction of sp³-hybridized carbons (Fsp3) is 0.625. The number of methoxy groups -OCH3 is 1. The number of hydrogen-bond donors (Lipinski definition) is 2. The van der Waals surface area contributed by atoms with Gasteiger partial charge in [-0.2, -0.15) is 4.98 Å². The van der Waals surface area contributed by atoms with E-state index >= 15 is 0 Å². The first-order valence-corrected chi connectivity index (χ1v) is 15.2. The predicted molar refractivity (Wildman–Crippen MR) is 165 cm³/mol. The standard InChI is InChI=1S/C32H45N7O3/c1-30(2)18-39-22-11-10-20(14-22)32(5)16-21(15-31(3,4)38(32)7)34-27(40)19-9-12-23(25(13-19)42-8)35-29-33-17-24(26(39)36-29)37(6)28(30)41/h9,12-13,17,20-22H,10-11,14-16,18H2,1-8H3,(H,34,40)(H,33,35,36). The van der Waals surface area contributed by atoms with Crippen molar-refractivity contribution in [3.63, 3.8) is 0 Å². The number of carbonyl (C=O) groups excluding carboxylic acids is 2. The summed E-state index contributed by atoms with van der Waals surface area (Å²) < 4.78 is 5.69. The van der Waals surface area contributed by atoms with Crippen LogP contribution >= 0.6 is 0 Å². The number of ether oxygens (including phenoxy) is 1. The van der Waals surface area contributed by atoms with Crippen molar-refractivity contribution in [2.45, 2.75) is 89.9 Å². The molecular weight excluding hydrogens is 530 g/mol. The second-order valence-electron chi connectivity index (χ2n) is 14.3. The molecule has 226 valence electrons. The van der Waals surface area contributed by atoms with E-state index in [0.717, 1.165) is 43.6 Å². The smallest absolute Gasteiger partial charge is 0.251 e. The summed E-state index contributed by atoms with van der Waals surface area (Å²) in [5.74, 6) is 2.11. The third kappa shape index (κ3) is 4.58. The van der Waals surface area contributed by atoms with Crippen LogP contribution in [0.15, 0.2) is 24.4 Å². The van der Waals surface area contributed by atoms with Crippen molar-refractivity contribution in [2.75, 3.05) is 42.9 Å². The monoisotopic (exact) mass is 575 g/mol. The zero-order chi connectivity index (χ0) is 30.2. The van der Waals surface area contributed by atoms with Crippen LogP contribution in [0.3, 0.4) is 0 Å². The van der Waals surface area contributed by atoms with Crippen molar-refractivity contribution in [1.82, 2.24) is 20.2 Å². The molecule has 2 fully saturated rings. The minimum Gasteiger partial charge on any atom is -0.495 e. The van der Waals surface area contributed by atoms with Gasteiger partial charge in [-0.25, -0.2) is 4.98 Å². The van der Waals surface area contributed by atoms with Gasteiger partial charge in [0.15, 0.2) is 5.82 Å². The van der Waals surface area contributed by atoms with Gasteiger partial charge in [0, 0.05) is 42.3 Å². The molecule has 10 nitrogen and oxygen atoms in total. The van der Waals surface area contributed by atoms with Crippen LogP contribution in [0, 0.1) is 11.3 Å². The lowest BCUT2D eigenvalue weighted by molar-refractivity contribution is -0.125. The van der Waals surface area contributed by atoms with Crippen LogP contribution in [0.5, 0.6) is 5.75 Å². The molecule has 1 saturated carbocycles. The fourth-order valence-electron chi connectivity index (χ4n) is 8.12. The lowest BCUT2D eigenvalue weighted by Gasteiger charge is -2.57. The predicted octanol–water partition coefficient (Wildman–Crippen LogP) is 4.58. The molecule has 10 heteroatoms. The van der Waals surface area contributed by atoms with Gasteiger partial charge in [-0.3, -0.25) is 14.5 Å². The maximum absolute atomic E-state index is 13.6. The van der Waals surface area contributed by atoms with Crippen molar-refractivity contribution in [2.24, 2.45) is 11.3 Å². The molecule has 2 aromatic rings. The minimum atomic E-state index is -0.595. The molecule has 8 bridgehead atoms. The number of nitrogens with one attached hydrogen (secondary N) is 2. The number of hydrogen-bond acceptors (Lipinski definition) is 8. The molecule has 5 aliphatic rings. The Balaban J connectivity index is 1.51. The Bertz CT molecular complexity index is 1420. The van der Waals surface area contributed by atoms with E-state index in [9.17, 15) is 9.59 Å². The first-order chi connectivity index (χ1) is 19.7. The summed E-state index contributed by atoms with van der Waals surface area (Å²) in [6, 6.07) is 5.68. The largest absolute Gasteiger partial charge is 0.495 e. The molecular formula is C32H45N7O3. The Kier molecular flexibility index (Phi) is 6.72. The molecule has 1 saturated heterocycles. The average Bonchev–Trinajstić information content (AvgIpc) is 3.42. The summed E-state index contributed by atoms with van der Waals surface area (Å²) in [7, 11) is 5.66. The van der Waals surface area contributed by atoms with Gasteiger partial charge in [-0.1, -0.05) is 0 Å². The van der Waals surface area contributed by atoms with Gasteiger partial charge < -0.3 is 25.2 Å². The number of anilines is 4. The summed E-state index contributed by atoms with van der Waals surface area (Å²) in [6.45, 7) is 11.6. The molecule has 4 unspecified atom stereocenters. The average molecular weight is 576 g/mol. The summed E-state index contributed by atoms with van der Waals surface area (Å²) in [5, 5.41) is 6.70. The van der Waals surface area contributed by atoms with E-state index in [2.05, 4.69) is 53.2 Å². The van der Waals surface area contributed by atoms with Crippen LogP contribution in [-0.4, -0.2) is 77.6 Å². The van der Waals surface area contributed by atoms with Crippen LogP contribution in [0.2, 0.25) is 0 Å². The first kappa shape index (κ1) is 28.7. The van der Waals surface area contributed by atoms with Gasteiger partial charge in [-0.15, -0.1) is 0 Å². The molecule has 1 aromatic heterocycles. The topological polar surface area (TPSA) is 103 Å². The van der Waals surface area contributed by atoms with Crippen molar-refractivity contribution in [3.8, 4) is 5.75 Å². The summed E-state index contributed by atoms with van der Waals surface area (Å²) in [5.41, 5.74) is 1.14. The van der Waals surface area contributed by atoms with E-state index in [4.69, 9.17) is 9.72 Å². The number of likely N-dealkylation sites (tertiary alicyclic amines) is 1. The van der Waals surface area contributed by atoms with Crippen LogP contribution in [0.1, 0.15) is 77.1 Å². The van der Waals surface area contributed by atoms with Gasteiger partial charge in [0.25, 0.3) is 5.91 Å². The molecule has 4 aliphatic heterocycles. The maximum Gasteiger partial charge on any atom is 0.251 e. The van der Waals surface area contributed by atoms with Crippen LogP contribution in [-0.2, 0) is 4.79 Å². The van der Waals surface area contributed by atoms with E-state index < -0.39 is 5.41 Å². The lowest BCUT2D eigenvalue weighted by Crippen LogP contribution is -2.66. The van der Waals surface area contributed by atoms with E-state index in [-0.39, 0.29) is 35.0 Å². The van der Waals surface area contributed by atoms with Gasteiger partial charge >= 0.3 is 0 Å². The second kappa shape index (κ2) is 9.82. The van der Waals surface area contributed by atoms with Gasteiger partial charge in [-0.05, 0) is 97.9 Å². The van der Waals surface area contributed by atoms with E-state index in [0.29, 0.717) is 35.4 Å². The molecule has 2 N–H and O–H groups in total. The van der Waals surface area contributed by atoms with Crippen molar-refractivity contribution in [3.05, 3.63) is 30.0 Å². The number of carbonyl (C=O) groups is 2. The number of aromatic nitrogens is 2. The maximum atomic E-state index is 13.6. The number of fused-ring (bicyclic) bond motifs is 3. The number of piperidine rings is 1. The number of benzene rings is 1.